The number of hydrogen-bond acceptors (Lipinski definition) is 4. The Labute approximate surface area is 172 Å². The molecule has 0 atom stereocenters. The summed E-state index contributed by atoms with van der Waals surface area (Å²) < 4.78 is 15.1. The van der Waals surface area contributed by atoms with Gasteiger partial charge in [-0.3, -0.25) is 14.3 Å². The fourth-order valence-corrected chi connectivity index (χ4v) is 4.11. The summed E-state index contributed by atoms with van der Waals surface area (Å²) in [6.07, 6.45) is 1.48. The lowest BCUT2D eigenvalue weighted by molar-refractivity contribution is 0.0745. The van der Waals surface area contributed by atoms with E-state index < -0.39 is 0 Å². The molecule has 150 valence electrons. The summed E-state index contributed by atoms with van der Waals surface area (Å²) in [4.78, 5) is 28.3. The van der Waals surface area contributed by atoms with E-state index in [4.69, 9.17) is 0 Å². The van der Waals surface area contributed by atoms with Gasteiger partial charge in [0.25, 0.3) is 11.8 Å². The molecule has 0 fully saturated rings. The molecule has 0 bridgehead atoms. The second-order valence-corrected chi connectivity index (χ2v) is 7.97. The molecule has 0 spiro atoms. The van der Waals surface area contributed by atoms with Gasteiger partial charge in [-0.25, -0.2) is 4.39 Å². The number of benzene rings is 1. The summed E-state index contributed by atoms with van der Waals surface area (Å²) in [5, 5.41) is 9.20. The molecule has 3 aromatic rings. The maximum atomic E-state index is 13.5. The van der Waals surface area contributed by atoms with Gasteiger partial charge >= 0.3 is 0 Å². The third-order valence-corrected chi connectivity index (χ3v) is 5.75. The van der Waals surface area contributed by atoms with Crippen molar-refractivity contribution >= 4 is 23.2 Å². The molecule has 0 unspecified atom stereocenters. The number of aromatic nitrogens is 2. The van der Waals surface area contributed by atoms with Gasteiger partial charge in [-0.1, -0.05) is 18.2 Å². The van der Waals surface area contributed by atoms with Gasteiger partial charge in [0.05, 0.1) is 0 Å². The highest BCUT2D eigenvalue weighted by Gasteiger charge is 2.26. The van der Waals surface area contributed by atoms with Crippen LogP contribution in [0.1, 0.15) is 37.8 Å². The predicted octanol–water partition coefficient (Wildman–Crippen LogP) is 3.10. The summed E-state index contributed by atoms with van der Waals surface area (Å²) in [5.41, 5.74) is 1.37. The van der Waals surface area contributed by atoms with Gasteiger partial charge in [0, 0.05) is 37.1 Å². The van der Waals surface area contributed by atoms with Crippen LogP contribution in [0.25, 0.3) is 0 Å². The van der Waals surface area contributed by atoms with Gasteiger partial charge in [-0.15, -0.1) is 11.3 Å². The standard InChI is InChI=1S/C21H21FN4O2S/c22-16-5-1-4-15(12-16)14-25-9-3-10-26-19(21(25)28)13-18(24-26)20(27)23-8-7-17-6-2-11-29-17/h1-2,4-6,11-13H,3,7-10,14H2,(H,23,27). The smallest absolute Gasteiger partial charge is 0.272 e. The Morgan fingerprint density at radius 1 is 1.21 bits per heavy atom. The third kappa shape index (κ3) is 4.54. The Hall–Kier alpha value is -3.00. The predicted molar refractivity (Wildman–Crippen MR) is 108 cm³/mol. The van der Waals surface area contributed by atoms with E-state index in [1.54, 1.807) is 39.1 Å². The first kappa shape index (κ1) is 19.3. The van der Waals surface area contributed by atoms with Crippen molar-refractivity contribution in [1.82, 2.24) is 20.0 Å². The number of nitrogens with one attached hydrogen (secondary N) is 1. The first-order chi connectivity index (χ1) is 14.1. The van der Waals surface area contributed by atoms with Crippen LogP contribution in [-0.4, -0.2) is 39.6 Å². The molecular weight excluding hydrogens is 391 g/mol. The number of fused-ring (bicyclic) bond motifs is 1. The van der Waals surface area contributed by atoms with E-state index >= 15 is 0 Å². The van der Waals surface area contributed by atoms with E-state index in [1.165, 1.54) is 17.0 Å². The van der Waals surface area contributed by atoms with Gasteiger partial charge in [-0.2, -0.15) is 5.10 Å². The number of carbonyl (C=O) groups excluding carboxylic acids is 2. The maximum Gasteiger partial charge on any atom is 0.272 e. The van der Waals surface area contributed by atoms with Crippen LogP contribution in [0.15, 0.2) is 47.8 Å². The normalized spacial score (nSPS) is 13.8. The topological polar surface area (TPSA) is 67.2 Å². The Kier molecular flexibility index (Phi) is 5.71. The molecule has 2 aromatic heterocycles. The molecule has 0 saturated heterocycles. The molecule has 29 heavy (non-hydrogen) atoms. The molecule has 2 amide bonds. The molecule has 6 nitrogen and oxygen atoms in total. The van der Waals surface area contributed by atoms with Crippen LogP contribution in [0.3, 0.4) is 0 Å². The molecule has 3 heterocycles. The molecule has 1 aliphatic rings. The van der Waals surface area contributed by atoms with Gasteiger partial charge in [0.1, 0.15) is 11.5 Å². The Morgan fingerprint density at radius 3 is 2.90 bits per heavy atom. The quantitative estimate of drug-likeness (QED) is 0.677. The Balaban J connectivity index is 1.43. The molecule has 1 aliphatic heterocycles. The zero-order chi connectivity index (χ0) is 20.2. The van der Waals surface area contributed by atoms with Gasteiger partial charge in [-0.05, 0) is 42.0 Å². The van der Waals surface area contributed by atoms with E-state index in [2.05, 4.69) is 10.4 Å². The molecular formula is C21H21FN4O2S. The van der Waals surface area contributed by atoms with E-state index in [1.807, 2.05) is 17.5 Å². The van der Waals surface area contributed by atoms with Crippen molar-refractivity contribution in [2.75, 3.05) is 13.1 Å². The first-order valence-corrected chi connectivity index (χ1v) is 10.4. The second-order valence-electron chi connectivity index (χ2n) is 6.93. The van der Waals surface area contributed by atoms with Gasteiger partial charge < -0.3 is 10.2 Å². The van der Waals surface area contributed by atoms with E-state index in [9.17, 15) is 14.0 Å². The minimum atomic E-state index is -0.323. The van der Waals surface area contributed by atoms with E-state index in [-0.39, 0.29) is 23.3 Å². The highest BCUT2D eigenvalue weighted by atomic mass is 32.1. The summed E-state index contributed by atoms with van der Waals surface area (Å²) >= 11 is 1.65. The average Bonchev–Trinajstić information content (AvgIpc) is 3.34. The van der Waals surface area contributed by atoms with Crippen molar-refractivity contribution in [3.05, 3.63) is 75.5 Å². The number of hydrogen-bond donors (Lipinski definition) is 1. The largest absolute Gasteiger partial charge is 0.350 e. The SMILES string of the molecule is O=C(NCCc1cccs1)c1cc2n(n1)CCCN(Cc1cccc(F)c1)C2=O. The number of carbonyl (C=O) groups is 2. The van der Waals surface area contributed by atoms with Crippen LogP contribution in [0.4, 0.5) is 4.39 Å². The molecule has 1 aromatic carbocycles. The Morgan fingerprint density at radius 2 is 2.10 bits per heavy atom. The number of rotatable bonds is 6. The van der Waals surface area contributed by atoms with Crippen LogP contribution in [-0.2, 0) is 19.5 Å². The average molecular weight is 412 g/mol. The minimum Gasteiger partial charge on any atom is -0.350 e. The van der Waals surface area contributed by atoms with Crippen LogP contribution in [0.5, 0.6) is 0 Å². The minimum absolute atomic E-state index is 0.197. The number of nitrogens with zero attached hydrogens (tertiary/aromatic N) is 3. The zero-order valence-electron chi connectivity index (χ0n) is 15.8. The number of thiophene rings is 1. The maximum absolute atomic E-state index is 13.5. The summed E-state index contributed by atoms with van der Waals surface area (Å²) in [7, 11) is 0. The third-order valence-electron chi connectivity index (χ3n) is 4.82. The summed E-state index contributed by atoms with van der Waals surface area (Å²) in [6, 6.07) is 11.8. The van der Waals surface area contributed by atoms with Crippen LogP contribution in [0, 0.1) is 5.82 Å². The molecule has 4 rings (SSSR count). The number of halogens is 1. The van der Waals surface area contributed by atoms with E-state index in [0.29, 0.717) is 31.9 Å². The fraction of sp³-hybridized carbons (Fsp3) is 0.286. The zero-order valence-corrected chi connectivity index (χ0v) is 16.6. The Bertz CT molecular complexity index is 1020. The molecule has 8 heteroatoms. The molecule has 0 aliphatic carbocycles. The monoisotopic (exact) mass is 412 g/mol. The van der Waals surface area contributed by atoms with Crippen LogP contribution in [0.2, 0.25) is 0 Å². The molecule has 1 N–H and O–H groups in total. The second kappa shape index (κ2) is 8.57. The highest BCUT2D eigenvalue weighted by molar-refractivity contribution is 7.09. The fourth-order valence-electron chi connectivity index (χ4n) is 3.40. The van der Waals surface area contributed by atoms with Crippen molar-refractivity contribution in [1.29, 1.82) is 0 Å². The van der Waals surface area contributed by atoms with Crippen molar-refractivity contribution in [2.24, 2.45) is 0 Å². The van der Waals surface area contributed by atoms with Crippen molar-refractivity contribution in [2.45, 2.75) is 25.9 Å². The van der Waals surface area contributed by atoms with Crippen molar-refractivity contribution in [3.63, 3.8) is 0 Å². The summed E-state index contributed by atoms with van der Waals surface area (Å²) in [5.74, 6) is -0.806. The first-order valence-electron chi connectivity index (χ1n) is 9.52. The van der Waals surface area contributed by atoms with Crippen molar-refractivity contribution < 1.29 is 14.0 Å². The van der Waals surface area contributed by atoms with Gasteiger partial charge in [0.2, 0.25) is 0 Å². The van der Waals surface area contributed by atoms with E-state index in [0.717, 1.165) is 18.4 Å². The number of amides is 2. The lowest BCUT2D eigenvalue weighted by Crippen LogP contribution is -2.30. The number of aryl methyl sites for hydroxylation is 1. The van der Waals surface area contributed by atoms with Crippen LogP contribution < -0.4 is 5.32 Å². The van der Waals surface area contributed by atoms with Crippen molar-refractivity contribution in [3.8, 4) is 0 Å². The lowest BCUT2D eigenvalue weighted by atomic mass is 10.2. The van der Waals surface area contributed by atoms with Crippen LogP contribution >= 0.6 is 11.3 Å². The lowest BCUT2D eigenvalue weighted by Gasteiger charge is -2.20. The molecule has 0 saturated carbocycles. The summed E-state index contributed by atoms with van der Waals surface area (Å²) in [6.45, 7) is 1.95. The molecule has 0 radical (unpaired) electrons. The highest BCUT2D eigenvalue weighted by Crippen LogP contribution is 2.17. The van der Waals surface area contributed by atoms with Gasteiger partial charge in [0.15, 0.2) is 5.69 Å².